The third-order valence-corrected chi connectivity index (χ3v) is 5.26. The predicted molar refractivity (Wildman–Crippen MR) is 84.8 cm³/mol. The first kappa shape index (κ1) is 18.1. The van der Waals surface area contributed by atoms with Crippen molar-refractivity contribution in [1.29, 1.82) is 0 Å². The van der Waals surface area contributed by atoms with E-state index in [2.05, 4.69) is 5.32 Å². The number of aryl methyl sites for hydroxylation is 1. The molecule has 1 aromatic rings. The van der Waals surface area contributed by atoms with Gasteiger partial charge in [0.2, 0.25) is 0 Å². The maximum Gasteiger partial charge on any atom is 0.261 e. The first-order chi connectivity index (χ1) is 9.62. The fraction of sp³-hybridized carbons (Fsp3) is 0.462. The van der Waals surface area contributed by atoms with E-state index in [1.807, 2.05) is 0 Å². The Kier molecular flexibility index (Phi) is 6.37. The molecule has 0 aliphatic carbocycles. The quantitative estimate of drug-likeness (QED) is 0.625. The first-order valence-electron chi connectivity index (χ1n) is 6.27. The van der Waals surface area contributed by atoms with E-state index < -0.39 is 19.9 Å². The minimum absolute atomic E-state index is 0.0907. The molecule has 0 aliphatic heterocycles. The summed E-state index contributed by atoms with van der Waals surface area (Å²) < 4.78 is 33.7. The minimum atomic E-state index is -3.88. The van der Waals surface area contributed by atoms with Crippen molar-refractivity contribution in [3.63, 3.8) is 0 Å². The van der Waals surface area contributed by atoms with Gasteiger partial charge in [0.25, 0.3) is 15.0 Å². The SMILES string of the molecule is Cc1cc(S(=O)(=O)Cl)cc(C(=O)NCCCS(C)=O)c1C. The zero-order valence-corrected chi connectivity index (χ0v) is 14.5. The molecule has 1 atom stereocenters. The smallest absolute Gasteiger partial charge is 0.261 e. The van der Waals surface area contributed by atoms with E-state index in [4.69, 9.17) is 10.7 Å². The van der Waals surface area contributed by atoms with E-state index in [1.165, 1.54) is 12.1 Å². The van der Waals surface area contributed by atoms with Gasteiger partial charge in [0.1, 0.15) is 0 Å². The van der Waals surface area contributed by atoms with Gasteiger partial charge in [0.15, 0.2) is 0 Å². The number of carbonyl (C=O) groups is 1. The average molecular weight is 352 g/mol. The molecule has 0 bridgehead atoms. The summed E-state index contributed by atoms with van der Waals surface area (Å²) in [4.78, 5) is 12.0. The summed E-state index contributed by atoms with van der Waals surface area (Å²) in [6.45, 7) is 3.85. The molecule has 8 heteroatoms. The van der Waals surface area contributed by atoms with Crippen LogP contribution >= 0.6 is 10.7 Å². The lowest BCUT2D eigenvalue weighted by Gasteiger charge is -2.11. The molecule has 1 N–H and O–H groups in total. The number of amides is 1. The van der Waals surface area contributed by atoms with Gasteiger partial charge in [-0.3, -0.25) is 9.00 Å². The summed E-state index contributed by atoms with van der Waals surface area (Å²) in [5.74, 6) is 0.147. The Balaban J connectivity index is 2.93. The van der Waals surface area contributed by atoms with Crippen LogP contribution < -0.4 is 5.32 Å². The summed E-state index contributed by atoms with van der Waals surface area (Å²) in [5.41, 5.74) is 1.67. The standard InChI is InChI=1S/C13H18ClNO4S2/c1-9-7-11(21(14,18)19)8-12(10(9)2)13(16)15-5-4-6-20(3)17/h7-8H,4-6H2,1-3H3,(H,15,16). The first-order valence-corrected chi connectivity index (χ1v) is 10.3. The van der Waals surface area contributed by atoms with Gasteiger partial charge < -0.3 is 5.32 Å². The molecule has 1 amide bonds. The van der Waals surface area contributed by atoms with Crippen molar-refractivity contribution in [1.82, 2.24) is 5.32 Å². The molecule has 0 aliphatic rings. The van der Waals surface area contributed by atoms with Crippen LogP contribution in [0, 0.1) is 13.8 Å². The number of benzene rings is 1. The number of carbonyl (C=O) groups excluding carboxylic acids is 1. The molecule has 1 aromatic carbocycles. The van der Waals surface area contributed by atoms with E-state index in [0.717, 1.165) is 0 Å². The molecule has 0 aromatic heterocycles. The summed E-state index contributed by atoms with van der Waals surface area (Å²) >= 11 is 0. The predicted octanol–water partition coefficient (Wildman–Crippen LogP) is 1.73. The summed E-state index contributed by atoms with van der Waals surface area (Å²) in [5, 5.41) is 2.69. The second-order valence-electron chi connectivity index (χ2n) is 4.74. The van der Waals surface area contributed by atoms with Gasteiger partial charge >= 0.3 is 0 Å². The second-order valence-corrected chi connectivity index (χ2v) is 8.86. The van der Waals surface area contributed by atoms with E-state index >= 15 is 0 Å². The zero-order chi connectivity index (χ0) is 16.2. The molecule has 21 heavy (non-hydrogen) atoms. The molecular weight excluding hydrogens is 334 g/mol. The van der Waals surface area contributed by atoms with Gasteiger partial charge in [-0.1, -0.05) is 0 Å². The molecule has 5 nitrogen and oxygen atoms in total. The summed E-state index contributed by atoms with van der Waals surface area (Å²) in [6, 6.07) is 2.71. The monoisotopic (exact) mass is 351 g/mol. The molecule has 0 radical (unpaired) electrons. The van der Waals surface area contributed by atoms with Crippen molar-refractivity contribution in [2.24, 2.45) is 0 Å². The molecule has 0 fully saturated rings. The minimum Gasteiger partial charge on any atom is -0.352 e. The third-order valence-electron chi connectivity index (χ3n) is 3.06. The molecule has 118 valence electrons. The van der Waals surface area contributed by atoms with Crippen LogP contribution in [0.2, 0.25) is 0 Å². The van der Waals surface area contributed by atoms with Crippen LogP contribution in [0.15, 0.2) is 17.0 Å². The Hall–Kier alpha value is -0.920. The van der Waals surface area contributed by atoms with Crippen molar-refractivity contribution in [3.05, 3.63) is 28.8 Å². The Bertz CT molecular complexity index is 671. The van der Waals surface area contributed by atoms with Crippen molar-refractivity contribution in [2.45, 2.75) is 25.2 Å². The number of hydrogen-bond acceptors (Lipinski definition) is 4. The lowest BCUT2D eigenvalue weighted by atomic mass is 10.0. The van der Waals surface area contributed by atoms with E-state index in [1.54, 1.807) is 20.1 Å². The van der Waals surface area contributed by atoms with Crippen LogP contribution in [0.5, 0.6) is 0 Å². The lowest BCUT2D eigenvalue weighted by molar-refractivity contribution is 0.0953. The van der Waals surface area contributed by atoms with Gasteiger partial charge in [-0.25, -0.2) is 8.42 Å². The van der Waals surface area contributed by atoms with E-state index in [9.17, 15) is 17.4 Å². The van der Waals surface area contributed by atoms with Crippen LogP contribution in [0.25, 0.3) is 0 Å². The fourth-order valence-electron chi connectivity index (χ4n) is 1.78. The normalized spacial score (nSPS) is 13.0. The maximum atomic E-state index is 12.1. The molecular formula is C13H18ClNO4S2. The van der Waals surface area contributed by atoms with Crippen LogP contribution in [0.1, 0.15) is 27.9 Å². The molecule has 0 saturated heterocycles. The fourth-order valence-corrected chi connectivity index (χ4v) is 3.17. The number of hydrogen-bond donors (Lipinski definition) is 1. The van der Waals surface area contributed by atoms with Gasteiger partial charge in [0, 0.05) is 45.6 Å². The lowest BCUT2D eigenvalue weighted by Crippen LogP contribution is -2.26. The number of halogens is 1. The van der Waals surface area contributed by atoms with Crippen molar-refractivity contribution >= 4 is 36.4 Å². The molecule has 0 heterocycles. The molecule has 0 saturated carbocycles. The van der Waals surface area contributed by atoms with Gasteiger partial charge in [-0.05, 0) is 43.5 Å². The highest BCUT2D eigenvalue weighted by molar-refractivity contribution is 8.13. The van der Waals surface area contributed by atoms with Gasteiger partial charge in [0.05, 0.1) is 4.90 Å². The van der Waals surface area contributed by atoms with Crippen LogP contribution in [0.3, 0.4) is 0 Å². The van der Waals surface area contributed by atoms with Crippen molar-refractivity contribution < 1.29 is 17.4 Å². The largest absolute Gasteiger partial charge is 0.352 e. The Labute approximate surface area is 132 Å². The average Bonchev–Trinajstić information content (AvgIpc) is 2.35. The number of nitrogens with one attached hydrogen (secondary N) is 1. The highest BCUT2D eigenvalue weighted by atomic mass is 35.7. The zero-order valence-electron chi connectivity index (χ0n) is 12.1. The second kappa shape index (κ2) is 7.38. The molecule has 1 rings (SSSR count). The van der Waals surface area contributed by atoms with Gasteiger partial charge in [-0.15, -0.1) is 0 Å². The maximum absolute atomic E-state index is 12.1. The topological polar surface area (TPSA) is 80.3 Å². The van der Waals surface area contributed by atoms with Crippen LogP contribution in [0.4, 0.5) is 0 Å². The Morgan fingerprint density at radius 2 is 1.95 bits per heavy atom. The summed E-state index contributed by atoms with van der Waals surface area (Å²) in [7, 11) is 0.549. The highest BCUT2D eigenvalue weighted by Gasteiger charge is 2.17. The van der Waals surface area contributed by atoms with Crippen molar-refractivity contribution in [3.8, 4) is 0 Å². The van der Waals surface area contributed by atoms with E-state index in [0.29, 0.717) is 29.8 Å². The molecule has 0 spiro atoms. The van der Waals surface area contributed by atoms with Crippen LogP contribution in [-0.2, 0) is 19.9 Å². The highest BCUT2D eigenvalue weighted by Crippen LogP contribution is 2.22. The Morgan fingerprint density at radius 3 is 2.48 bits per heavy atom. The van der Waals surface area contributed by atoms with Gasteiger partial charge in [-0.2, -0.15) is 0 Å². The number of rotatable bonds is 6. The molecule has 1 unspecified atom stereocenters. The van der Waals surface area contributed by atoms with Crippen molar-refractivity contribution in [2.75, 3.05) is 18.6 Å². The third kappa shape index (κ3) is 5.41. The van der Waals surface area contributed by atoms with E-state index in [-0.39, 0.29) is 16.4 Å². The summed E-state index contributed by atoms with van der Waals surface area (Å²) in [6.07, 6.45) is 2.20. The van der Waals surface area contributed by atoms with Crippen LogP contribution in [-0.4, -0.2) is 37.1 Å². The Morgan fingerprint density at radius 1 is 1.33 bits per heavy atom.